The topological polar surface area (TPSA) is 59.0 Å². The highest BCUT2D eigenvalue weighted by Crippen LogP contribution is 2.13. The summed E-state index contributed by atoms with van der Waals surface area (Å²) in [5.41, 5.74) is 2.13. The van der Waals surface area contributed by atoms with Crippen molar-refractivity contribution in [3.63, 3.8) is 0 Å². The van der Waals surface area contributed by atoms with Gasteiger partial charge < -0.3 is 15.2 Å². The lowest BCUT2D eigenvalue weighted by Crippen LogP contribution is -2.34. The van der Waals surface area contributed by atoms with E-state index in [0.29, 0.717) is 19.5 Å². The Kier molecular flexibility index (Phi) is 5.33. The van der Waals surface area contributed by atoms with Crippen LogP contribution in [0, 0.1) is 0 Å². The van der Waals surface area contributed by atoms with Gasteiger partial charge in [0.2, 0.25) is 5.91 Å². The highest BCUT2D eigenvalue weighted by atomic mass is 16.1. The summed E-state index contributed by atoms with van der Waals surface area (Å²) in [6.45, 7) is 5.41. The Balaban J connectivity index is 1.80. The van der Waals surface area contributed by atoms with Crippen molar-refractivity contribution in [2.45, 2.75) is 39.3 Å². The number of nitrogens with zero attached hydrogens (tertiary/aromatic N) is 2. The van der Waals surface area contributed by atoms with E-state index in [4.69, 9.17) is 0 Å². The van der Waals surface area contributed by atoms with Crippen LogP contribution in [0.25, 0.3) is 11.0 Å². The van der Waals surface area contributed by atoms with E-state index in [1.165, 1.54) is 0 Å². The molecule has 5 nitrogen and oxygen atoms in total. The molecule has 0 bridgehead atoms. The molecular formula is C16H24N4O. The van der Waals surface area contributed by atoms with Crippen LogP contribution in [0.4, 0.5) is 0 Å². The second-order valence-corrected chi connectivity index (χ2v) is 5.38. The summed E-state index contributed by atoms with van der Waals surface area (Å²) in [7, 11) is 2.02. The Morgan fingerprint density at radius 3 is 2.86 bits per heavy atom. The number of carbonyl (C=O) groups is 1. The van der Waals surface area contributed by atoms with Gasteiger partial charge in [-0.25, -0.2) is 4.98 Å². The number of nitrogens with one attached hydrogen (secondary N) is 2. The first-order valence-electron chi connectivity index (χ1n) is 7.52. The molecule has 1 aromatic heterocycles. The summed E-state index contributed by atoms with van der Waals surface area (Å²) < 4.78 is 2.08. The highest BCUT2D eigenvalue weighted by Gasteiger charge is 2.07. The van der Waals surface area contributed by atoms with E-state index < -0.39 is 0 Å². The van der Waals surface area contributed by atoms with Crippen LogP contribution in [0.1, 0.15) is 32.5 Å². The average Bonchev–Trinajstić information content (AvgIpc) is 2.80. The van der Waals surface area contributed by atoms with Crippen molar-refractivity contribution in [1.82, 2.24) is 20.2 Å². The zero-order valence-electron chi connectivity index (χ0n) is 13.0. The van der Waals surface area contributed by atoms with Crippen LogP contribution in [0.5, 0.6) is 0 Å². The summed E-state index contributed by atoms with van der Waals surface area (Å²) >= 11 is 0. The normalized spacial score (nSPS) is 12.5. The molecule has 21 heavy (non-hydrogen) atoms. The van der Waals surface area contributed by atoms with E-state index in [9.17, 15) is 4.79 Å². The molecule has 0 radical (unpaired) electrons. The Hall–Kier alpha value is -1.88. The molecule has 1 atom stereocenters. The van der Waals surface area contributed by atoms with Crippen molar-refractivity contribution in [2.75, 3.05) is 6.54 Å². The number of benzene rings is 1. The molecule has 0 aliphatic rings. The number of carbonyl (C=O) groups excluding carboxylic acids is 1. The van der Waals surface area contributed by atoms with Crippen LogP contribution < -0.4 is 10.6 Å². The number of hydrogen-bond donors (Lipinski definition) is 2. The standard InChI is InChI=1S/C16H24N4O/c1-4-12(2)18-16(21)9-10-17-11-15-19-13-7-5-6-8-14(13)20(15)3/h5-8,12,17H,4,9-11H2,1-3H3,(H,18,21). The van der Waals surface area contributed by atoms with Gasteiger partial charge in [0, 0.05) is 26.1 Å². The minimum absolute atomic E-state index is 0.0989. The molecule has 1 aromatic carbocycles. The van der Waals surface area contributed by atoms with E-state index in [0.717, 1.165) is 23.3 Å². The highest BCUT2D eigenvalue weighted by molar-refractivity contribution is 5.76. The first-order valence-corrected chi connectivity index (χ1v) is 7.52. The SMILES string of the molecule is CCC(C)NC(=O)CCNCc1nc2ccccc2n1C. The number of hydrogen-bond acceptors (Lipinski definition) is 3. The molecule has 0 fully saturated rings. The van der Waals surface area contributed by atoms with Crippen molar-refractivity contribution in [3.8, 4) is 0 Å². The summed E-state index contributed by atoms with van der Waals surface area (Å²) in [6, 6.07) is 8.33. The van der Waals surface area contributed by atoms with Gasteiger partial charge in [-0.05, 0) is 25.5 Å². The predicted octanol–water partition coefficient (Wildman–Crippen LogP) is 1.97. The van der Waals surface area contributed by atoms with Crippen molar-refractivity contribution < 1.29 is 4.79 Å². The maximum absolute atomic E-state index is 11.7. The maximum atomic E-state index is 11.7. The van der Waals surface area contributed by atoms with Crippen LogP contribution >= 0.6 is 0 Å². The van der Waals surface area contributed by atoms with Crippen LogP contribution in [-0.2, 0) is 18.4 Å². The van der Waals surface area contributed by atoms with E-state index in [-0.39, 0.29) is 11.9 Å². The van der Waals surface area contributed by atoms with Gasteiger partial charge in [-0.2, -0.15) is 0 Å². The molecular weight excluding hydrogens is 264 g/mol. The molecule has 0 aliphatic carbocycles. The third kappa shape index (κ3) is 4.04. The summed E-state index contributed by atoms with van der Waals surface area (Å²) in [6.07, 6.45) is 1.45. The summed E-state index contributed by atoms with van der Waals surface area (Å²) in [4.78, 5) is 16.3. The Labute approximate surface area is 125 Å². The minimum atomic E-state index is 0.0989. The summed E-state index contributed by atoms with van der Waals surface area (Å²) in [5, 5.41) is 6.24. The number of aromatic nitrogens is 2. The number of para-hydroxylation sites is 2. The zero-order valence-corrected chi connectivity index (χ0v) is 13.0. The molecule has 1 unspecified atom stereocenters. The van der Waals surface area contributed by atoms with Crippen LogP contribution in [0.2, 0.25) is 0 Å². The van der Waals surface area contributed by atoms with Gasteiger partial charge >= 0.3 is 0 Å². The fraction of sp³-hybridized carbons (Fsp3) is 0.500. The zero-order chi connectivity index (χ0) is 15.2. The van der Waals surface area contributed by atoms with Crippen LogP contribution in [0.3, 0.4) is 0 Å². The van der Waals surface area contributed by atoms with Gasteiger partial charge in [0.25, 0.3) is 0 Å². The van der Waals surface area contributed by atoms with Crippen molar-refractivity contribution in [2.24, 2.45) is 7.05 Å². The lowest BCUT2D eigenvalue weighted by Gasteiger charge is -2.11. The number of aryl methyl sites for hydroxylation is 1. The number of rotatable bonds is 7. The van der Waals surface area contributed by atoms with Gasteiger partial charge in [0.05, 0.1) is 17.6 Å². The molecule has 2 N–H and O–H groups in total. The first-order chi connectivity index (χ1) is 10.1. The lowest BCUT2D eigenvalue weighted by molar-refractivity contribution is -0.121. The first kappa shape index (κ1) is 15.5. The third-order valence-corrected chi connectivity index (χ3v) is 3.71. The molecule has 5 heteroatoms. The van der Waals surface area contributed by atoms with Gasteiger partial charge in [-0.3, -0.25) is 4.79 Å². The van der Waals surface area contributed by atoms with E-state index in [1.54, 1.807) is 0 Å². The molecule has 0 saturated carbocycles. The minimum Gasteiger partial charge on any atom is -0.354 e. The van der Waals surface area contributed by atoms with Gasteiger partial charge in [0.1, 0.15) is 5.82 Å². The molecule has 0 saturated heterocycles. The molecule has 2 rings (SSSR count). The molecule has 2 aromatic rings. The Morgan fingerprint density at radius 1 is 1.38 bits per heavy atom. The number of fused-ring (bicyclic) bond motifs is 1. The van der Waals surface area contributed by atoms with Crippen molar-refractivity contribution >= 4 is 16.9 Å². The predicted molar refractivity (Wildman–Crippen MR) is 84.9 cm³/mol. The average molecular weight is 288 g/mol. The van der Waals surface area contributed by atoms with E-state index in [2.05, 4.69) is 33.2 Å². The fourth-order valence-electron chi connectivity index (χ4n) is 2.20. The third-order valence-electron chi connectivity index (χ3n) is 3.71. The molecule has 0 spiro atoms. The lowest BCUT2D eigenvalue weighted by atomic mass is 10.2. The van der Waals surface area contributed by atoms with Crippen LogP contribution in [-0.4, -0.2) is 28.0 Å². The largest absolute Gasteiger partial charge is 0.354 e. The molecule has 1 heterocycles. The quantitative estimate of drug-likeness (QED) is 0.766. The number of imidazole rings is 1. The van der Waals surface area contributed by atoms with Crippen molar-refractivity contribution in [3.05, 3.63) is 30.1 Å². The molecule has 1 amide bonds. The molecule has 0 aliphatic heterocycles. The Morgan fingerprint density at radius 2 is 2.14 bits per heavy atom. The number of amides is 1. The molecule has 114 valence electrons. The monoisotopic (exact) mass is 288 g/mol. The maximum Gasteiger partial charge on any atom is 0.221 e. The van der Waals surface area contributed by atoms with E-state index >= 15 is 0 Å². The van der Waals surface area contributed by atoms with Gasteiger partial charge in [-0.1, -0.05) is 19.1 Å². The Bertz CT molecular complexity index is 605. The smallest absolute Gasteiger partial charge is 0.221 e. The summed E-state index contributed by atoms with van der Waals surface area (Å²) in [5.74, 6) is 1.08. The van der Waals surface area contributed by atoms with Gasteiger partial charge in [-0.15, -0.1) is 0 Å². The van der Waals surface area contributed by atoms with Crippen molar-refractivity contribution in [1.29, 1.82) is 0 Å². The van der Waals surface area contributed by atoms with Crippen LogP contribution in [0.15, 0.2) is 24.3 Å². The fourth-order valence-corrected chi connectivity index (χ4v) is 2.20. The second-order valence-electron chi connectivity index (χ2n) is 5.38. The second kappa shape index (κ2) is 7.22. The van der Waals surface area contributed by atoms with E-state index in [1.807, 2.05) is 32.2 Å². The van der Waals surface area contributed by atoms with Gasteiger partial charge in [0.15, 0.2) is 0 Å².